The third kappa shape index (κ3) is 5.77. The van der Waals surface area contributed by atoms with E-state index >= 15 is 0 Å². The lowest BCUT2D eigenvalue weighted by molar-refractivity contribution is -0.128. The number of fused-ring (bicyclic) bond motifs is 2. The minimum Gasteiger partial charge on any atom is -0.508 e. The van der Waals surface area contributed by atoms with Crippen molar-refractivity contribution in [2.24, 2.45) is 5.92 Å². The van der Waals surface area contributed by atoms with E-state index in [1.165, 1.54) is 31.3 Å². The summed E-state index contributed by atoms with van der Waals surface area (Å²) in [5.74, 6) is 0.279. The number of carbonyl (C=O) groups is 1. The standard InChI is InChI=1S/C30H42N4O2/c1-2-17-32-20-16-26-9-7-10-27(22-32)34(26)29(25-8-6-11-28(35)21-25)23-12-14-24(15-13-23)30(36)31-33-18-4-3-5-19-33/h2,6,8,11-14,21,24,26-27,29,35H,1,3-5,7,9-10,15-20,22H2,(H,31,36). The normalized spacial score (nSPS) is 28.7. The summed E-state index contributed by atoms with van der Waals surface area (Å²) in [6.07, 6.45) is 17.7. The van der Waals surface area contributed by atoms with Gasteiger partial charge in [-0.25, -0.2) is 5.01 Å². The van der Waals surface area contributed by atoms with Crippen LogP contribution in [0.5, 0.6) is 5.75 Å². The van der Waals surface area contributed by atoms with E-state index in [0.717, 1.165) is 57.5 Å². The molecule has 6 nitrogen and oxygen atoms in total. The molecule has 0 aromatic heterocycles. The number of aromatic hydroxyl groups is 1. The Bertz CT molecular complexity index is 983. The van der Waals surface area contributed by atoms with Gasteiger partial charge in [-0.05, 0) is 61.8 Å². The fourth-order valence-electron chi connectivity index (χ4n) is 6.67. The molecule has 194 valence electrons. The molecule has 1 aromatic rings. The zero-order valence-electron chi connectivity index (χ0n) is 21.5. The molecule has 0 spiro atoms. The highest BCUT2D eigenvalue weighted by molar-refractivity contribution is 5.80. The van der Waals surface area contributed by atoms with Crippen molar-refractivity contribution in [2.75, 3.05) is 32.7 Å². The first-order chi connectivity index (χ1) is 17.6. The highest BCUT2D eigenvalue weighted by Gasteiger charge is 2.40. The summed E-state index contributed by atoms with van der Waals surface area (Å²) in [6, 6.07) is 8.85. The van der Waals surface area contributed by atoms with E-state index in [2.05, 4.69) is 51.1 Å². The predicted octanol–water partition coefficient (Wildman–Crippen LogP) is 4.57. The van der Waals surface area contributed by atoms with E-state index in [1.54, 1.807) is 6.07 Å². The molecule has 2 bridgehead atoms. The van der Waals surface area contributed by atoms with E-state index < -0.39 is 0 Å². The number of nitrogens with one attached hydrogen (secondary N) is 1. The van der Waals surface area contributed by atoms with Crippen LogP contribution in [0.25, 0.3) is 0 Å². The number of hydrogen-bond donors (Lipinski definition) is 2. The Hall–Kier alpha value is -2.41. The highest BCUT2D eigenvalue weighted by atomic mass is 16.3. The van der Waals surface area contributed by atoms with Gasteiger partial charge in [0, 0.05) is 44.8 Å². The average molecular weight is 491 g/mol. The molecule has 36 heavy (non-hydrogen) atoms. The molecule has 2 N–H and O–H groups in total. The lowest BCUT2D eigenvalue weighted by Gasteiger charge is -2.46. The Balaban J connectivity index is 1.38. The Kier molecular flexibility index (Phi) is 8.25. The van der Waals surface area contributed by atoms with E-state index in [-0.39, 0.29) is 17.9 Å². The third-order valence-electron chi connectivity index (χ3n) is 8.44. The molecule has 3 saturated heterocycles. The van der Waals surface area contributed by atoms with Crippen LogP contribution in [0, 0.1) is 5.92 Å². The molecule has 1 aromatic carbocycles. The van der Waals surface area contributed by atoms with Crippen molar-refractivity contribution in [3.8, 4) is 5.75 Å². The zero-order chi connectivity index (χ0) is 24.9. The fraction of sp³-hybridized carbons (Fsp3) is 0.567. The smallest absolute Gasteiger partial charge is 0.241 e. The predicted molar refractivity (Wildman–Crippen MR) is 144 cm³/mol. The quantitative estimate of drug-likeness (QED) is 0.549. The number of hydrazine groups is 1. The second-order valence-corrected chi connectivity index (χ2v) is 10.9. The number of nitrogens with zero attached hydrogens (tertiary/aromatic N) is 3. The first-order valence-electron chi connectivity index (χ1n) is 14.0. The molecule has 5 rings (SSSR count). The molecule has 0 saturated carbocycles. The number of allylic oxidation sites excluding steroid dienone is 1. The number of rotatable bonds is 7. The highest BCUT2D eigenvalue weighted by Crippen LogP contribution is 2.42. The number of phenolic OH excluding ortho intramolecular Hbond substituents is 1. The van der Waals surface area contributed by atoms with Crippen LogP contribution in [-0.2, 0) is 4.79 Å². The van der Waals surface area contributed by atoms with Gasteiger partial charge in [0.05, 0.1) is 12.0 Å². The third-order valence-corrected chi connectivity index (χ3v) is 8.44. The molecule has 6 heteroatoms. The summed E-state index contributed by atoms with van der Waals surface area (Å²) < 4.78 is 0. The minimum absolute atomic E-state index is 0.0819. The van der Waals surface area contributed by atoms with E-state index in [9.17, 15) is 9.90 Å². The molecule has 3 fully saturated rings. The summed E-state index contributed by atoms with van der Waals surface area (Å²) in [6.45, 7) is 8.96. The molecular weight excluding hydrogens is 448 g/mol. The second-order valence-electron chi connectivity index (χ2n) is 10.9. The first kappa shape index (κ1) is 25.2. The van der Waals surface area contributed by atoms with Gasteiger partial charge in [0.25, 0.3) is 0 Å². The number of phenols is 1. The van der Waals surface area contributed by atoms with Crippen molar-refractivity contribution >= 4 is 5.91 Å². The number of carbonyl (C=O) groups excluding carboxylic acids is 1. The summed E-state index contributed by atoms with van der Waals surface area (Å²) in [7, 11) is 0. The lowest BCUT2D eigenvalue weighted by Crippen LogP contribution is -2.50. The summed E-state index contributed by atoms with van der Waals surface area (Å²) >= 11 is 0. The molecule has 1 aliphatic carbocycles. The van der Waals surface area contributed by atoms with Crippen LogP contribution in [0.3, 0.4) is 0 Å². The number of amides is 1. The van der Waals surface area contributed by atoms with Gasteiger partial charge in [-0.1, -0.05) is 49.3 Å². The summed E-state index contributed by atoms with van der Waals surface area (Å²) in [5.41, 5.74) is 5.53. The molecule has 0 radical (unpaired) electrons. The molecule has 3 heterocycles. The van der Waals surface area contributed by atoms with Gasteiger partial charge in [0.15, 0.2) is 0 Å². The van der Waals surface area contributed by atoms with Crippen molar-refractivity contribution in [1.29, 1.82) is 0 Å². The van der Waals surface area contributed by atoms with Gasteiger partial charge in [-0.2, -0.15) is 0 Å². The van der Waals surface area contributed by atoms with Gasteiger partial charge in [0.2, 0.25) is 5.91 Å². The largest absolute Gasteiger partial charge is 0.508 e. The number of benzene rings is 1. The van der Waals surface area contributed by atoms with Crippen molar-refractivity contribution < 1.29 is 9.90 Å². The first-order valence-corrected chi connectivity index (χ1v) is 14.0. The zero-order valence-corrected chi connectivity index (χ0v) is 21.5. The molecule has 4 aliphatic rings. The van der Waals surface area contributed by atoms with Gasteiger partial charge >= 0.3 is 0 Å². The van der Waals surface area contributed by atoms with Crippen molar-refractivity contribution in [2.45, 2.75) is 69.5 Å². The second kappa shape index (κ2) is 11.8. The summed E-state index contributed by atoms with van der Waals surface area (Å²) in [4.78, 5) is 18.3. The number of hydrogen-bond acceptors (Lipinski definition) is 5. The Morgan fingerprint density at radius 2 is 1.94 bits per heavy atom. The Morgan fingerprint density at radius 1 is 1.11 bits per heavy atom. The monoisotopic (exact) mass is 490 g/mol. The van der Waals surface area contributed by atoms with E-state index in [4.69, 9.17) is 0 Å². The van der Waals surface area contributed by atoms with Gasteiger partial charge < -0.3 is 5.11 Å². The molecule has 1 amide bonds. The van der Waals surface area contributed by atoms with Crippen molar-refractivity contribution in [3.05, 3.63) is 66.3 Å². The number of piperidine rings is 2. The van der Waals surface area contributed by atoms with Crippen LogP contribution in [-0.4, -0.2) is 70.6 Å². The molecular formula is C30H42N4O2. The van der Waals surface area contributed by atoms with Gasteiger partial charge in [-0.3, -0.25) is 20.0 Å². The van der Waals surface area contributed by atoms with Gasteiger partial charge in [-0.15, -0.1) is 6.58 Å². The van der Waals surface area contributed by atoms with Crippen LogP contribution in [0.4, 0.5) is 0 Å². The van der Waals surface area contributed by atoms with E-state index in [0.29, 0.717) is 24.3 Å². The van der Waals surface area contributed by atoms with Gasteiger partial charge in [0.1, 0.15) is 5.75 Å². The Labute approximate surface area is 216 Å². The maximum Gasteiger partial charge on any atom is 0.241 e. The maximum atomic E-state index is 13.0. The SMILES string of the molecule is C=CCN1CCC2CCCC(C1)N2C(C1=CCC(C(=O)NN2CCCCC2)C=C1)c1cccc(O)c1. The average Bonchev–Trinajstić information content (AvgIpc) is 2.98. The minimum atomic E-state index is -0.132. The fourth-order valence-corrected chi connectivity index (χ4v) is 6.67. The Morgan fingerprint density at radius 3 is 2.69 bits per heavy atom. The molecule has 4 unspecified atom stereocenters. The van der Waals surface area contributed by atoms with Crippen molar-refractivity contribution in [3.63, 3.8) is 0 Å². The van der Waals surface area contributed by atoms with Crippen LogP contribution < -0.4 is 5.43 Å². The van der Waals surface area contributed by atoms with Crippen LogP contribution in [0.15, 0.2) is 60.7 Å². The maximum absolute atomic E-state index is 13.0. The van der Waals surface area contributed by atoms with Crippen LogP contribution >= 0.6 is 0 Å². The van der Waals surface area contributed by atoms with Crippen molar-refractivity contribution in [1.82, 2.24) is 20.2 Å². The van der Waals surface area contributed by atoms with E-state index in [1.807, 2.05) is 18.2 Å². The molecule has 4 atom stereocenters. The lowest BCUT2D eigenvalue weighted by atomic mass is 9.84. The van der Waals surface area contributed by atoms with Crippen LogP contribution in [0.2, 0.25) is 0 Å². The van der Waals surface area contributed by atoms with Crippen LogP contribution in [0.1, 0.15) is 63.0 Å². The molecule has 3 aliphatic heterocycles. The summed E-state index contributed by atoms with van der Waals surface area (Å²) in [5, 5.41) is 12.5. The topological polar surface area (TPSA) is 59.0 Å².